The Hall–Kier alpha value is -1.75. The summed E-state index contributed by atoms with van der Waals surface area (Å²) in [5.74, 6) is 0.319. The van der Waals surface area contributed by atoms with Crippen molar-refractivity contribution < 1.29 is 14.3 Å². The number of carbonyl (C=O) groups is 2. The minimum absolute atomic E-state index is 0.108. The molecule has 0 fully saturated rings. The van der Waals surface area contributed by atoms with E-state index in [1.54, 1.807) is 25.1 Å². The monoisotopic (exact) mass is 279 g/mol. The summed E-state index contributed by atoms with van der Waals surface area (Å²) in [7, 11) is 1.34. The molecule has 0 atom stereocenters. The van der Waals surface area contributed by atoms with Crippen LogP contribution < -0.4 is 5.73 Å². The Bertz CT molecular complexity index is 497. The van der Waals surface area contributed by atoms with Gasteiger partial charge >= 0.3 is 5.97 Å². The van der Waals surface area contributed by atoms with Gasteiger partial charge in [-0.15, -0.1) is 0 Å². The smallest absolute Gasteiger partial charge is 0.338 e. The first-order chi connectivity index (χ1) is 9.04. The Labute approximate surface area is 117 Å². The van der Waals surface area contributed by atoms with Crippen LogP contribution in [-0.4, -0.2) is 23.9 Å². The molecular weight excluding hydrogens is 262 g/mol. The number of ether oxygens (including phenoxy) is 1. The minimum atomic E-state index is -0.412. The second-order valence-corrected chi connectivity index (χ2v) is 5.14. The first-order valence-corrected chi connectivity index (χ1v) is 6.81. The standard InChI is InChI=1S/C14H17NO3S/c1-10(16)19-8-4-3-5-11-6-7-12(15)9-13(11)14(17)18-2/h3,5-7,9H,4,8,15H2,1-2H3. The lowest BCUT2D eigenvalue weighted by molar-refractivity contribution is -0.109. The molecule has 0 saturated heterocycles. The van der Waals surface area contributed by atoms with Gasteiger partial charge in [0.25, 0.3) is 0 Å². The number of hydrogen-bond donors (Lipinski definition) is 1. The molecule has 0 spiro atoms. The summed E-state index contributed by atoms with van der Waals surface area (Å²) in [5.41, 5.74) is 7.38. The third kappa shape index (κ3) is 5.18. The van der Waals surface area contributed by atoms with E-state index in [0.29, 0.717) is 11.3 Å². The van der Waals surface area contributed by atoms with Crippen molar-refractivity contribution in [2.75, 3.05) is 18.6 Å². The number of allylic oxidation sites excluding steroid dienone is 1. The van der Waals surface area contributed by atoms with Crippen molar-refractivity contribution in [3.8, 4) is 0 Å². The zero-order valence-corrected chi connectivity index (χ0v) is 11.8. The number of methoxy groups -OCH3 is 1. The van der Waals surface area contributed by atoms with Crippen LogP contribution in [0.25, 0.3) is 6.08 Å². The molecule has 5 heteroatoms. The van der Waals surface area contributed by atoms with E-state index in [4.69, 9.17) is 10.5 Å². The number of carbonyl (C=O) groups excluding carboxylic acids is 2. The highest BCUT2D eigenvalue weighted by molar-refractivity contribution is 8.13. The number of thioether (sulfide) groups is 1. The van der Waals surface area contributed by atoms with Gasteiger partial charge in [-0.3, -0.25) is 4.79 Å². The van der Waals surface area contributed by atoms with E-state index in [1.165, 1.54) is 18.9 Å². The number of benzene rings is 1. The van der Waals surface area contributed by atoms with E-state index in [2.05, 4.69) is 0 Å². The molecule has 19 heavy (non-hydrogen) atoms. The molecular formula is C14H17NO3S. The van der Waals surface area contributed by atoms with Crippen molar-refractivity contribution in [3.63, 3.8) is 0 Å². The van der Waals surface area contributed by atoms with Gasteiger partial charge in [0.15, 0.2) is 5.12 Å². The van der Waals surface area contributed by atoms with Gasteiger partial charge in [-0.1, -0.05) is 30.0 Å². The first-order valence-electron chi connectivity index (χ1n) is 5.82. The van der Waals surface area contributed by atoms with Crippen LogP contribution in [0.2, 0.25) is 0 Å². The molecule has 0 aliphatic heterocycles. The van der Waals surface area contributed by atoms with Crippen LogP contribution in [0.1, 0.15) is 29.3 Å². The maximum absolute atomic E-state index is 11.6. The van der Waals surface area contributed by atoms with Gasteiger partial charge in [-0.25, -0.2) is 4.79 Å². The van der Waals surface area contributed by atoms with Crippen molar-refractivity contribution in [1.82, 2.24) is 0 Å². The highest BCUT2D eigenvalue weighted by atomic mass is 32.2. The lowest BCUT2D eigenvalue weighted by Crippen LogP contribution is -2.04. The fourth-order valence-corrected chi connectivity index (χ4v) is 2.03. The topological polar surface area (TPSA) is 69.4 Å². The van der Waals surface area contributed by atoms with E-state index in [9.17, 15) is 9.59 Å². The number of rotatable bonds is 5. The van der Waals surface area contributed by atoms with Crippen LogP contribution in [0.15, 0.2) is 24.3 Å². The minimum Gasteiger partial charge on any atom is -0.465 e. The van der Waals surface area contributed by atoms with Crippen molar-refractivity contribution in [3.05, 3.63) is 35.4 Å². The van der Waals surface area contributed by atoms with Crippen LogP contribution in [0, 0.1) is 0 Å². The van der Waals surface area contributed by atoms with Gasteiger partial charge in [0.1, 0.15) is 0 Å². The predicted octanol–water partition coefficient (Wildman–Crippen LogP) is 2.74. The van der Waals surface area contributed by atoms with Gasteiger partial charge in [0.05, 0.1) is 12.7 Å². The molecule has 4 nitrogen and oxygen atoms in total. The van der Waals surface area contributed by atoms with E-state index < -0.39 is 5.97 Å². The zero-order valence-electron chi connectivity index (χ0n) is 11.0. The van der Waals surface area contributed by atoms with Crippen molar-refractivity contribution in [2.45, 2.75) is 13.3 Å². The fraction of sp³-hybridized carbons (Fsp3) is 0.286. The number of anilines is 1. The summed E-state index contributed by atoms with van der Waals surface area (Å²) in [5, 5.41) is 0.108. The Kier molecular flexibility index (Phi) is 6.15. The predicted molar refractivity (Wildman–Crippen MR) is 79.0 cm³/mol. The SMILES string of the molecule is COC(=O)c1cc(N)ccc1C=CCCSC(C)=O. The lowest BCUT2D eigenvalue weighted by atomic mass is 10.1. The summed E-state index contributed by atoms with van der Waals surface area (Å²) >= 11 is 1.28. The lowest BCUT2D eigenvalue weighted by Gasteiger charge is -2.05. The molecule has 1 rings (SSSR count). The normalized spacial score (nSPS) is 10.6. The van der Waals surface area contributed by atoms with Crippen LogP contribution in [0.5, 0.6) is 0 Å². The number of nitrogens with two attached hydrogens (primary N) is 1. The van der Waals surface area contributed by atoms with Crippen LogP contribution in [-0.2, 0) is 9.53 Å². The molecule has 0 aliphatic rings. The number of esters is 1. The largest absolute Gasteiger partial charge is 0.465 e. The third-order valence-corrected chi connectivity index (χ3v) is 3.22. The molecule has 0 amide bonds. The maximum Gasteiger partial charge on any atom is 0.338 e. The number of nitrogen functional groups attached to an aromatic ring is 1. The van der Waals surface area contributed by atoms with E-state index >= 15 is 0 Å². The van der Waals surface area contributed by atoms with Gasteiger partial charge in [0.2, 0.25) is 0 Å². The van der Waals surface area contributed by atoms with Crippen molar-refractivity contribution >= 4 is 34.6 Å². The highest BCUT2D eigenvalue weighted by Gasteiger charge is 2.09. The van der Waals surface area contributed by atoms with Crippen molar-refractivity contribution in [1.29, 1.82) is 0 Å². The second-order valence-electron chi connectivity index (χ2n) is 3.87. The number of hydrogen-bond acceptors (Lipinski definition) is 5. The molecule has 102 valence electrons. The molecule has 1 aromatic rings. The summed E-state index contributed by atoms with van der Waals surface area (Å²) in [6.45, 7) is 1.55. The second kappa shape index (κ2) is 7.63. The summed E-state index contributed by atoms with van der Waals surface area (Å²) in [6, 6.07) is 5.10. The zero-order chi connectivity index (χ0) is 14.3. The molecule has 0 radical (unpaired) electrons. The van der Waals surface area contributed by atoms with E-state index in [0.717, 1.165) is 17.7 Å². The van der Waals surface area contributed by atoms with Gasteiger partial charge in [-0.2, -0.15) is 0 Å². The van der Waals surface area contributed by atoms with E-state index in [1.807, 2.05) is 12.2 Å². The molecule has 0 bridgehead atoms. The quantitative estimate of drug-likeness (QED) is 0.510. The van der Waals surface area contributed by atoms with Gasteiger partial charge in [0, 0.05) is 18.4 Å². The van der Waals surface area contributed by atoms with E-state index in [-0.39, 0.29) is 5.12 Å². The molecule has 0 aromatic heterocycles. The average Bonchev–Trinajstić information content (AvgIpc) is 2.38. The van der Waals surface area contributed by atoms with Crippen molar-refractivity contribution in [2.24, 2.45) is 0 Å². The molecule has 0 unspecified atom stereocenters. The molecule has 0 saturated carbocycles. The molecule has 0 aliphatic carbocycles. The van der Waals surface area contributed by atoms with Crippen LogP contribution in [0.3, 0.4) is 0 Å². The Balaban J connectivity index is 2.74. The van der Waals surface area contributed by atoms with Gasteiger partial charge in [-0.05, 0) is 24.1 Å². The first kappa shape index (κ1) is 15.3. The summed E-state index contributed by atoms with van der Waals surface area (Å²) in [4.78, 5) is 22.4. The average molecular weight is 279 g/mol. The van der Waals surface area contributed by atoms with Gasteiger partial charge < -0.3 is 10.5 Å². The fourth-order valence-electron chi connectivity index (χ4n) is 1.49. The van der Waals surface area contributed by atoms with Crippen LogP contribution in [0.4, 0.5) is 5.69 Å². The molecule has 0 heterocycles. The van der Waals surface area contributed by atoms with Crippen LogP contribution >= 0.6 is 11.8 Å². The molecule has 1 aromatic carbocycles. The Morgan fingerprint density at radius 1 is 1.42 bits per heavy atom. The Morgan fingerprint density at radius 2 is 2.16 bits per heavy atom. The summed E-state index contributed by atoms with van der Waals surface area (Å²) in [6.07, 6.45) is 4.52. The highest BCUT2D eigenvalue weighted by Crippen LogP contribution is 2.17. The Morgan fingerprint density at radius 3 is 2.79 bits per heavy atom. The third-order valence-electron chi connectivity index (χ3n) is 2.37. The maximum atomic E-state index is 11.6. The molecule has 2 N–H and O–H groups in total. The summed E-state index contributed by atoms with van der Waals surface area (Å²) < 4.78 is 4.71.